The summed E-state index contributed by atoms with van der Waals surface area (Å²) in [5, 5.41) is 16.0. The molecule has 0 aromatic carbocycles. The molecule has 0 aliphatic carbocycles. The predicted molar refractivity (Wildman–Crippen MR) is 55.1 cm³/mol. The van der Waals surface area contributed by atoms with Crippen LogP contribution in [0.2, 0.25) is 0 Å². The van der Waals surface area contributed by atoms with E-state index < -0.39 is 11.9 Å². The highest BCUT2D eigenvalue weighted by molar-refractivity contribution is 5.67. The fraction of sp³-hybridized carbons (Fsp3) is 0.600. The van der Waals surface area contributed by atoms with Gasteiger partial charge in [0.2, 0.25) is 0 Å². The lowest BCUT2D eigenvalue weighted by Gasteiger charge is -1.85. The van der Waals surface area contributed by atoms with Crippen molar-refractivity contribution < 1.29 is 29.4 Å². The Balaban J connectivity index is 0. The van der Waals surface area contributed by atoms with Gasteiger partial charge in [0.25, 0.3) is 0 Å². The van der Waals surface area contributed by atoms with Crippen molar-refractivity contribution >= 4 is 24.5 Å². The molecule has 0 rings (SSSR count). The molecular weight excluding hydrogens is 216 g/mol. The minimum Gasteiger partial charge on any atom is -0.481 e. The van der Waals surface area contributed by atoms with Crippen LogP contribution in [0.25, 0.3) is 0 Å². The third-order valence-electron chi connectivity index (χ3n) is 1.43. The summed E-state index contributed by atoms with van der Waals surface area (Å²) >= 11 is 0. The van der Waals surface area contributed by atoms with Crippen molar-refractivity contribution in [3.05, 3.63) is 0 Å². The van der Waals surface area contributed by atoms with E-state index in [1.807, 2.05) is 0 Å². The number of aliphatic carboxylic acids is 2. The minimum absolute atomic E-state index is 0.0960. The lowest BCUT2D eigenvalue weighted by atomic mass is 10.2. The standard InChI is InChI=1S/2C5H8O3/c2*6-4-2-1-3-5(7)8/h2*4H,1-3H2,(H,7,8). The van der Waals surface area contributed by atoms with Gasteiger partial charge in [-0.05, 0) is 12.8 Å². The molecule has 16 heavy (non-hydrogen) atoms. The number of carboxylic acids is 2. The molecule has 0 fully saturated rings. The van der Waals surface area contributed by atoms with Crippen molar-refractivity contribution in [2.45, 2.75) is 38.5 Å². The molecule has 0 amide bonds. The summed E-state index contributed by atoms with van der Waals surface area (Å²) in [6.07, 6.45) is 3.26. The minimum atomic E-state index is -0.841. The van der Waals surface area contributed by atoms with Crippen molar-refractivity contribution in [2.24, 2.45) is 0 Å². The Morgan fingerprint density at radius 2 is 1.12 bits per heavy atom. The van der Waals surface area contributed by atoms with Gasteiger partial charge in [-0.25, -0.2) is 0 Å². The van der Waals surface area contributed by atoms with Gasteiger partial charge in [0.05, 0.1) is 0 Å². The average molecular weight is 232 g/mol. The first kappa shape index (κ1) is 16.7. The number of carboxylic acid groups (broad SMARTS) is 2. The van der Waals surface area contributed by atoms with Crippen molar-refractivity contribution in [2.75, 3.05) is 0 Å². The van der Waals surface area contributed by atoms with Crippen molar-refractivity contribution in [3.8, 4) is 0 Å². The Morgan fingerprint density at radius 1 is 0.812 bits per heavy atom. The molecule has 0 saturated heterocycles. The molecule has 6 heteroatoms. The maximum Gasteiger partial charge on any atom is 0.303 e. The van der Waals surface area contributed by atoms with Gasteiger partial charge in [-0.2, -0.15) is 0 Å². The summed E-state index contributed by atoms with van der Waals surface area (Å²) in [7, 11) is 0. The molecule has 0 bridgehead atoms. The zero-order chi connectivity index (χ0) is 12.8. The smallest absolute Gasteiger partial charge is 0.303 e. The molecule has 0 atom stereocenters. The molecule has 0 aromatic rings. The fourth-order valence-corrected chi connectivity index (χ4v) is 0.673. The summed E-state index contributed by atoms with van der Waals surface area (Å²) in [6, 6.07) is 0. The third-order valence-corrected chi connectivity index (χ3v) is 1.43. The van der Waals surface area contributed by atoms with Gasteiger partial charge >= 0.3 is 11.9 Å². The lowest BCUT2D eigenvalue weighted by molar-refractivity contribution is -0.138. The highest BCUT2D eigenvalue weighted by atomic mass is 16.4. The van der Waals surface area contributed by atoms with E-state index in [4.69, 9.17) is 10.2 Å². The van der Waals surface area contributed by atoms with Gasteiger partial charge in [-0.15, -0.1) is 0 Å². The summed E-state index contributed by atoms with van der Waals surface area (Å²) in [5.74, 6) is -1.68. The van der Waals surface area contributed by atoms with E-state index in [0.29, 0.717) is 25.7 Å². The molecule has 6 nitrogen and oxygen atoms in total. The van der Waals surface area contributed by atoms with E-state index in [1.54, 1.807) is 0 Å². The molecule has 0 unspecified atom stereocenters. The Hall–Kier alpha value is -1.72. The Bertz CT molecular complexity index is 199. The van der Waals surface area contributed by atoms with Crippen molar-refractivity contribution in [1.82, 2.24) is 0 Å². The van der Waals surface area contributed by atoms with Gasteiger partial charge in [0.15, 0.2) is 0 Å². The number of carbonyl (C=O) groups excluding carboxylic acids is 2. The lowest BCUT2D eigenvalue weighted by Crippen LogP contribution is -1.93. The summed E-state index contributed by atoms with van der Waals surface area (Å²) < 4.78 is 0. The van der Waals surface area contributed by atoms with Crippen LogP contribution in [-0.2, 0) is 19.2 Å². The van der Waals surface area contributed by atoms with Gasteiger partial charge < -0.3 is 19.8 Å². The first-order chi connectivity index (χ1) is 7.54. The highest BCUT2D eigenvalue weighted by Crippen LogP contribution is 1.90. The molecule has 0 saturated carbocycles. The van der Waals surface area contributed by atoms with Crippen LogP contribution in [0.3, 0.4) is 0 Å². The van der Waals surface area contributed by atoms with Crippen LogP contribution in [-0.4, -0.2) is 34.7 Å². The van der Waals surface area contributed by atoms with Crippen LogP contribution < -0.4 is 0 Å². The molecule has 0 heterocycles. The zero-order valence-electron chi connectivity index (χ0n) is 8.92. The maximum absolute atomic E-state index is 9.76. The number of aldehydes is 2. The number of unbranched alkanes of at least 4 members (excludes halogenated alkanes) is 2. The fourth-order valence-electron chi connectivity index (χ4n) is 0.673. The summed E-state index contributed by atoms with van der Waals surface area (Å²) in [4.78, 5) is 38.7. The Morgan fingerprint density at radius 3 is 1.31 bits per heavy atom. The second-order valence-corrected chi connectivity index (χ2v) is 2.91. The highest BCUT2D eigenvalue weighted by Gasteiger charge is 1.93. The van der Waals surface area contributed by atoms with Crippen LogP contribution in [0.4, 0.5) is 0 Å². The topological polar surface area (TPSA) is 109 Å². The molecule has 92 valence electrons. The van der Waals surface area contributed by atoms with Crippen molar-refractivity contribution in [3.63, 3.8) is 0 Å². The molecule has 0 spiro atoms. The normalized spacial score (nSPS) is 8.50. The monoisotopic (exact) mass is 232 g/mol. The van der Waals surface area contributed by atoms with Crippen LogP contribution >= 0.6 is 0 Å². The molecule has 0 aromatic heterocycles. The second-order valence-electron chi connectivity index (χ2n) is 2.91. The van der Waals surface area contributed by atoms with E-state index in [1.165, 1.54) is 0 Å². The van der Waals surface area contributed by atoms with Crippen LogP contribution in [0.5, 0.6) is 0 Å². The van der Waals surface area contributed by atoms with E-state index in [2.05, 4.69) is 0 Å². The molecule has 0 aliphatic rings. The van der Waals surface area contributed by atoms with E-state index in [9.17, 15) is 19.2 Å². The van der Waals surface area contributed by atoms with Crippen LogP contribution in [0, 0.1) is 0 Å². The van der Waals surface area contributed by atoms with Crippen LogP contribution in [0.1, 0.15) is 38.5 Å². The molecule has 0 aliphatic heterocycles. The largest absolute Gasteiger partial charge is 0.481 e. The SMILES string of the molecule is O=CCCCC(=O)O.O=CCCCC(=O)O. The van der Waals surface area contributed by atoms with Gasteiger partial charge in [0, 0.05) is 25.7 Å². The predicted octanol–water partition coefficient (Wildman–Crippen LogP) is 0.880. The van der Waals surface area contributed by atoms with E-state index >= 15 is 0 Å². The number of hydrogen-bond donors (Lipinski definition) is 2. The molecule has 0 radical (unpaired) electrons. The second kappa shape index (κ2) is 13.3. The van der Waals surface area contributed by atoms with Gasteiger partial charge in [-0.3, -0.25) is 9.59 Å². The molecule has 2 N–H and O–H groups in total. The average Bonchev–Trinajstić information content (AvgIpc) is 2.18. The van der Waals surface area contributed by atoms with E-state index in [-0.39, 0.29) is 12.8 Å². The Labute approximate surface area is 93.3 Å². The first-order valence-corrected chi connectivity index (χ1v) is 4.85. The number of rotatable bonds is 8. The van der Waals surface area contributed by atoms with Gasteiger partial charge in [-0.1, -0.05) is 0 Å². The van der Waals surface area contributed by atoms with Crippen molar-refractivity contribution in [1.29, 1.82) is 0 Å². The maximum atomic E-state index is 9.76. The van der Waals surface area contributed by atoms with E-state index in [0.717, 1.165) is 12.6 Å². The van der Waals surface area contributed by atoms with Gasteiger partial charge in [0.1, 0.15) is 12.6 Å². The summed E-state index contributed by atoms with van der Waals surface area (Å²) in [5.41, 5.74) is 0. The van der Waals surface area contributed by atoms with Crippen LogP contribution in [0.15, 0.2) is 0 Å². The summed E-state index contributed by atoms with van der Waals surface area (Å²) in [6.45, 7) is 0. The first-order valence-electron chi connectivity index (χ1n) is 4.85. The molecular formula is C10H16O6. The Kier molecular flexibility index (Phi) is 13.9. The quantitative estimate of drug-likeness (QED) is 0.475. The third kappa shape index (κ3) is 22.8. The number of carbonyl (C=O) groups is 4. The number of hydrogen-bond acceptors (Lipinski definition) is 4. The zero-order valence-corrected chi connectivity index (χ0v) is 8.92.